The summed E-state index contributed by atoms with van der Waals surface area (Å²) >= 11 is 0. The van der Waals surface area contributed by atoms with Crippen molar-refractivity contribution in [1.29, 1.82) is 0 Å². The third kappa shape index (κ3) is 4.16. The Balaban J connectivity index is 2.14. The van der Waals surface area contributed by atoms with E-state index in [1.807, 2.05) is 25.1 Å². The van der Waals surface area contributed by atoms with Gasteiger partial charge in [-0.2, -0.15) is 13.2 Å². The zero-order valence-electron chi connectivity index (χ0n) is 17.1. The first-order chi connectivity index (χ1) is 14.2. The Labute approximate surface area is 172 Å². The average molecular weight is 420 g/mol. The second-order valence-corrected chi connectivity index (χ2v) is 7.25. The molecule has 1 N–H and O–H groups in total. The monoisotopic (exact) mass is 420 g/mol. The lowest BCUT2D eigenvalue weighted by Crippen LogP contribution is -2.47. The van der Waals surface area contributed by atoms with E-state index >= 15 is 0 Å². The Kier molecular flexibility index (Phi) is 6.12. The van der Waals surface area contributed by atoms with Crippen LogP contribution in [0.1, 0.15) is 24.2 Å². The van der Waals surface area contributed by atoms with Gasteiger partial charge in [0.05, 0.1) is 25.3 Å². The number of methoxy groups -OCH3 is 2. The molecular formula is C21H23F3N4O2. The molecule has 30 heavy (non-hydrogen) atoms. The normalized spacial score (nSPS) is 14.9. The molecule has 2 heterocycles. The van der Waals surface area contributed by atoms with Crippen LogP contribution >= 0.6 is 0 Å². The highest BCUT2D eigenvalue weighted by Crippen LogP contribution is 2.49. The van der Waals surface area contributed by atoms with Crippen LogP contribution in [0.2, 0.25) is 0 Å². The molecule has 6 nitrogen and oxygen atoms in total. The number of hydrogen-bond acceptors (Lipinski definition) is 6. The van der Waals surface area contributed by atoms with E-state index in [4.69, 9.17) is 9.47 Å². The Bertz CT molecular complexity index is 1010. The van der Waals surface area contributed by atoms with E-state index < -0.39 is 24.2 Å². The van der Waals surface area contributed by atoms with Gasteiger partial charge in [-0.15, -0.1) is 0 Å². The maximum Gasteiger partial charge on any atom is 0.398 e. The number of aromatic nitrogens is 3. The van der Waals surface area contributed by atoms with Gasteiger partial charge < -0.3 is 14.8 Å². The fourth-order valence-electron chi connectivity index (χ4n) is 3.36. The van der Waals surface area contributed by atoms with Crippen molar-refractivity contribution in [2.75, 3.05) is 26.1 Å². The highest BCUT2D eigenvalue weighted by molar-refractivity contribution is 5.91. The largest absolute Gasteiger partial charge is 0.467 e. The van der Waals surface area contributed by atoms with Gasteiger partial charge in [0.25, 0.3) is 0 Å². The summed E-state index contributed by atoms with van der Waals surface area (Å²) in [5.74, 6) is 0. The van der Waals surface area contributed by atoms with Crippen LogP contribution in [0.3, 0.4) is 0 Å². The molecule has 0 bridgehead atoms. The lowest BCUT2D eigenvalue weighted by molar-refractivity contribution is -0.237. The summed E-state index contributed by atoms with van der Waals surface area (Å²) in [6, 6.07) is 7.79. The van der Waals surface area contributed by atoms with Gasteiger partial charge in [0.15, 0.2) is 0 Å². The first kappa shape index (κ1) is 21.8. The molecule has 1 aromatic carbocycles. The highest BCUT2D eigenvalue weighted by Gasteiger charge is 2.57. The van der Waals surface area contributed by atoms with Gasteiger partial charge in [0, 0.05) is 41.8 Å². The summed E-state index contributed by atoms with van der Waals surface area (Å²) in [5.41, 5.74) is 0.0154. The Morgan fingerprint density at radius 3 is 2.37 bits per heavy atom. The molecule has 0 amide bonds. The van der Waals surface area contributed by atoms with Crippen LogP contribution in [0.15, 0.2) is 42.7 Å². The van der Waals surface area contributed by atoms with Crippen LogP contribution in [-0.4, -0.2) is 42.0 Å². The first-order valence-corrected chi connectivity index (χ1v) is 9.24. The minimum atomic E-state index is -4.57. The van der Waals surface area contributed by atoms with Gasteiger partial charge >= 0.3 is 12.2 Å². The molecule has 0 saturated carbocycles. The van der Waals surface area contributed by atoms with E-state index in [9.17, 15) is 13.2 Å². The van der Waals surface area contributed by atoms with Gasteiger partial charge in [-0.25, -0.2) is 9.97 Å². The molecule has 9 heteroatoms. The molecule has 3 rings (SSSR count). The molecule has 0 fully saturated rings. The van der Waals surface area contributed by atoms with Crippen LogP contribution < -0.4 is 10.1 Å². The number of ether oxygens (including phenoxy) is 2. The Morgan fingerprint density at radius 2 is 1.77 bits per heavy atom. The van der Waals surface area contributed by atoms with E-state index in [1.165, 1.54) is 26.6 Å². The van der Waals surface area contributed by atoms with Crippen molar-refractivity contribution >= 4 is 16.6 Å². The number of rotatable bonds is 7. The van der Waals surface area contributed by atoms with Gasteiger partial charge in [0.2, 0.25) is 0 Å². The minimum absolute atomic E-state index is 0.0720. The first-order valence-electron chi connectivity index (χ1n) is 9.24. The number of halogens is 3. The van der Waals surface area contributed by atoms with Gasteiger partial charge in [-0.05, 0) is 38.1 Å². The third-order valence-corrected chi connectivity index (χ3v) is 5.06. The number of hydrogen-bond donors (Lipinski definition) is 1. The second-order valence-electron chi connectivity index (χ2n) is 7.25. The summed E-state index contributed by atoms with van der Waals surface area (Å²) in [6.45, 7) is 2.42. The zero-order valence-corrected chi connectivity index (χ0v) is 17.1. The predicted octanol–water partition coefficient (Wildman–Crippen LogP) is 4.71. The molecule has 0 spiro atoms. The van der Waals surface area contributed by atoms with Crippen molar-refractivity contribution in [3.8, 4) is 6.01 Å². The number of aryl methyl sites for hydroxylation is 1. The van der Waals surface area contributed by atoms with Crippen molar-refractivity contribution in [2.45, 2.75) is 26.1 Å². The van der Waals surface area contributed by atoms with Crippen LogP contribution in [0.4, 0.5) is 18.9 Å². The van der Waals surface area contributed by atoms with E-state index in [1.54, 1.807) is 12.1 Å². The molecule has 0 saturated heterocycles. The van der Waals surface area contributed by atoms with Crippen LogP contribution in [-0.2, 0) is 4.74 Å². The molecule has 0 aliphatic rings. The van der Waals surface area contributed by atoms with Crippen molar-refractivity contribution in [3.05, 3.63) is 54.0 Å². The van der Waals surface area contributed by atoms with Crippen LogP contribution in [0.25, 0.3) is 10.9 Å². The van der Waals surface area contributed by atoms with Crippen molar-refractivity contribution in [3.63, 3.8) is 0 Å². The van der Waals surface area contributed by atoms with Gasteiger partial charge in [-0.1, -0.05) is 6.07 Å². The molecule has 0 aliphatic heterocycles. The maximum absolute atomic E-state index is 14.2. The number of pyridine rings is 1. The van der Waals surface area contributed by atoms with E-state index in [0.29, 0.717) is 16.6 Å². The molecule has 160 valence electrons. The summed E-state index contributed by atoms with van der Waals surface area (Å²) in [4.78, 5) is 12.4. The van der Waals surface area contributed by atoms with Gasteiger partial charge in [0.1, 0.15) is 5.41 Å². The standard InChI is InChI=1S/C21H23F3N4O2/c1-13-8-9-15-16(27-13)6-5-7-17(15)28-18(14-10-25-19(30-4)26-11-14)20(2,12-29-3)21(22,23)24/h5-11,18,28H,12H2,1-4H3. The smallest absolute Gasteiger partial charge is 0.398 e. The van der Waals surface area contributed by atoms with Crippen LogP contribution in [0.5, 0.6) is 6.01 Å². The number of nitrogens with one attached hydrogen (secondary N) is 1. The molecule has 2 aromatic heterocycles. The average Bonchev–Trinajstić information content (AvgIpc) is 2.71. The maximum atomic E-state index is 14.2. The molecule has 0 radical (unpaired) electrons. The fourth-order valence-corrected chi connectivity index (χ4v) is 3.36. The number of alkyl halides is 3. The predicted molar refractivity (Wildman–Crippen MR) is 107 cm³/mol. The van der Waals surface area contributed by atoms with E-state index in [0.717, 1.165) is 12.6 Å². The van der Waals surface area contributed by atoms with Crippen molar-refractivity contribution < 1.29 is 22.6 Å². The molecule has 0 aliphatic carbocycles. The topological polar surface area (TPSA) is 69.2 Å². The van der Waals surface area contributed by atoms with Crippen LogP contribution in [0, 0.1) is 12.3 Å². The number of anilines is 1. The molecule has 2 unspecified atom stereocenters. The summed E-state index contributed by atoms with van der Waals surface area (Å²) < 4.78 is 52.7. The molecule has 3 aromatic rings. The highest BCUT2D eigenvalue weighted by atomic mass is 19.4. The molecule has 2 atom stereocenters. The third-order valence-electron chi connectivity index (χ3n) is 5.06. The van der Waals surface area contributed by atoms with Crippen molar-refractivity contribution in [2.24, 2.45) is 5.41 Å². The zero-order chi connectivity index (χ0) is 21.9. The Morgan fingerprint density at radius 1 is 1.07 bits per heavy atom. The van der Waals surface area contributed by atoms with Gasteiger partial charge in [-0.3, -0.25) is 4.98 Å². The lowest BCUT2D eigenvalue weighted by Gasteiger charge is -2.39. The molecular weight excluding hydrogens is 397 g/mol. The van der Waals surface area contributed by atoms with Crippen molar-refractivity contribution in [1.82, 2.24) is 15.0 Å². The second kappa shape index (κ2) is 8.43. The van der Waals surface area contributed by atoms with E-state index in [2.05, 4.69) is 20.3 Å². The number of benzene rings is 1. The SMILES string of the molecule is COCC(C)(C(Nc1cccc2nc(C)ccc12)c1cnc(OC)nc1)C(F)(F)F. The summed E-state index contributed by atoms with van der Waals surface area (Å²) in [6.07, 6.45) is -1.91. The van der Waals surface area contributed by atoms with E-state index in [-0.39, 0.29) is 11.6 Å². The Hall–Kier alpha value is -2.94. The number of nitrogens with zero attached hydrogens (tertiary/aromatic N) is 3. The fraction of sp³-hybridized carbons (Fsp3) is 0.381. The number of fused-ring (bicyclic) bond motifs is 1. The summed E-state index contributed by atoms with van der Waals surface area (Å²) in [5, 5.41) is 3.78. The minimum Gasteiger partial charge on any atom is -0.467 e. The lowest BCUT2D eigenvalue weighted by atomic mass is 9.79. The quantitative estimate of drug-likeness (QED) is 0.597. The summed E-state index contributed by atoms with van der Waals surface area (Å²) in [7, 11) is 2.64.